The van der Waals surface area contributed by atoms with E-state index in [0.29, 0.717) is 0 Å². The molecule has 0 unspecified atom stereocenters. The first-order chi connectivity index (χ1) is 13.1. The van der Waals surface area contributed by atoms with Crippen molar-refractivity contribution in [2.24, 2.45) is 4.99 Å². The molecule has 2 N–H and O–H groups in total. The topological polar surface area (TPSA) is 55.8 Å². The van der Waals surface area contributed by atoms with Crippen LogP contribution in [0.15, 0.2) is 10.4 Å². The van der Waals surface area contributed by atoms with E-state index in [2.05, 4.69) is 49.8 Å². The molecule has 6 nitrogen and oxygen atoms in total. The Balaban J connectivity index is 1.53. The van der Waals surface area contributed by atoms with Crippen LogP contribution in [-0.2, 0) is 6.42 Å². The highest BCUT2D eigenvalue weighted by Gasteiger charge is 2.39. The first-order valence-corrected chi connectivity index (χ1v) is 11.3. The Hall–Kier alpha value is -1.18. The predicted octanol–water partition coefficient (Wildman–Crippen LogP) is 2.11. The van der Waals surface area contributed by atoms with Crippen LogP contribution in [0, 0.1) is 6.92 Å². The third-order valence-electron chi connectivity index (χ3n) is 6.09. The van der Waals surface area contributed by atoms with E-state index in [1.807, 2.05) is 7.05 Å². The lowest BCUT2D eigenvalue weighted by molar-refractivity contribution is 0.0173. The molecule has 152 valence electrons. The second-order valence-electron chi connectivity index (χ2n) is 8.04. The number of aryl methyl sites for hydroxylation is 1. The van der Waals surface area contributed by atoms with Crippen LogP contribution in [0.3, 0.4) is 0 Å². The molecule has 0 aliphatic carbocycles. The van der Waals surface area contributed by atoms with Crippen LogP contribution in [0.25, 0.3) is 0 Å². The van der Waals surface area contributed by atoms with Gasteiger partial charge in [-0.3, -0.25) is 9.89 Å². The van der Waals surface area contributed by atoms with Gasteiger partial charge in [-0.25, -0.2) is 4.98 Å². The summed E-state index contributed by atoms with van der Waals surface area (Å²) in [6.45, 7) is 8.78. The van der Waals surface area contributed by atoms with E-state index in [9.17, 15) is 0 Å². The van der Waals surface area contributed by atoms with Gasteiger partial charge >= 0.3 is 0 Å². The number of nitrogens with zero attached hydrogens (tertiary/aromatic N) is 4. The Morgan fingerprint density at radius 1 is 1.19 bits per heavy atom. The number of hydrogen-bond donors (Lipinski definition) is 2. The minimum atomic E-state index is 0.274. The van der Waals surface area contributed by atoms with E-state index in [0.717, 1.165) is 30.5 Å². The summed E-state index contributed by atoms with van der Waals surface area (Å²) in [5, 5.41) is 10.4. The molecule has 1 aromatic rings. The fraction of sp³-hybridized carbons (Fsp3) is 0.800. The van der Waals surface area contributed by atoms with E-state index < -0.39 is 0 Å². The summed E-state index contributed by atoms with van der Waals surface area (Å²) in [7, 11) is 4.11. The first kappa shape index (κ1) is 20.6. The molecule has 0 bridgehead atoms. The molecule has 2 saturated heterocycles. The lowest BCUT2D eigenvalue weighted by atomic mass is 9.84. The lowest BCUT2D eigenvalue weighted by Crippen LogP contribution is -2.62. The summed E-state index contributed by atoms with van der Waals surface area (Å²) in [4.78, 5) is 14.2. The molecule has 0 spiro atoms. The molecule has 7 heteroatoms. The Morgan fingerprint density at radius 3 is 2.56 bits per heavy atom. The summed E-state index contributed by atoms with van der Waals surface area (Å²) in [6.07, 6.45) is 7.50. The van der Waals surface area contributed by atoms with Crippen LogP contribution in [0.4, 0.5) is 0 Å². The fourth-order valence-electron chi connectivity index (χ4n) is 4.31. The standard InChI is InChI=1S/C20H36N6S/c1-17-24-18(15-27-17)7-10-22-19(21-2)23-16-20(8-13-25(3)14-9-20)26-11-5-4-6-12-26/h15H,4-14,16H2,1-3H3,(H2,21,22,23). The molecule has 0 atom stereocenters. The maximum Gasteiger partial charge on any atom is 0.191 e. The monoisotopic (exact) mass is 392 g/mol. The second-order valence-corrected chi connectivity index (χ2v) is 9.10. The van der Waals surface area contributed by atoms with Crippen molar-refractivity contribution in [3.8, 4) is 0 Å². The van der Waals surface area contributed by atoms with Crippen molar-refractivity contribution in [3.63, 3.8) is 0 Å². The number of guanidine groups is 1. The van der Waals surface area contributed by atoms with Gasteiger partial charge in [0.1, 0.15) is 0 Å². The van der Waals surface area contributed by atoms with Crippen molar-refractivity contribution in [1.82, 2.24) is 25.4 Å². The zero-order chi connectivity index (χ0) is 19.1. The van der Waals surface area contributed by atoms with Gasteiger partial charge in [-0.1, -0.05) is 6.42 Å². The van der Waals surface area contributed by atoms with E-state index in [-0.39, 0.29) is 5.54 Å². The Kier molecular flexibility index (Phi) is 7.49. The van der Waals surface area contributed by atoms with Crippen molar-refractivity contribution in [1.29, 1.82) is 0 Å². The van der Waals surface area contributed by atoms with Crippen molar-refractivity contribution in [2.45, 2.75) is 51.0 Å². The van der Waals surface area contributed by atoms with Gasteiger partial charge < -0.3 is 15.5 Å². The molecular weight excluding hydrogens is 356 g/mol. The molecule has 0 amide bonds. The SMILES string of the molecule is CN=C(NCCc1csc(C)n1)NCC1(N2CCCCC2)CCN(C)CC1. The number of aromatic nitrogens is 1. The normalized spacial score (nSPS) is 22.0. The zero-order valence-corrected chi connectivity index (χ0v) is 18.1. The maximum absolute atomic E-state index is 4.54. The van der Waals surface area contributed by atoms with Crippen molar-refractivity contribution < 1.29 is 0 Å². The van der Waals surface area contributed by atoms with Crippen LogP contribution < -0.4 is 10.6 Å². The molecular formula is C20H36N6S. The van der Waals surface area contributed by atoms with Crippen molar-refractivity contribution in [2.75, 3.05) is 53.4 Å². The number of aliphatic imine (C=N–C) groups is 1. The Morgan fingerprint density at radius 2 is 1.93 bits per heavy atom. The minimum absolute atomic E-state index is 0.274. The van der Waals surface area contributed by atoms with E-state index in [1.54, 1.807) is 11.3 Å². The Bertz CT molecular complexity index is 599. The molecule has 2 aliphatic heterocycles. The highest BCUT2D eigenvalue weighted by molar-refractivity contribution is 7.09. The minimum Gasteiger partial charge on any atom is -0.356 e. The summed E-state index contributed by atoms with van der Waals surface area (Å²) >= 11 is 1.72. The molecule has 2 aliphatic rings. The van der Waals surface area contributed by atoms with Crippen LogP contribution in [0.2, 0.25) is 0 Å². The van der Waals surface area contributed by atoms with E-state index in [1.165, 1.54) is 64.0 Å². The molecule has 27 heavy (non-hydrogen) atoms. The first-order valence-electron chi connectivity index (χ1n) is 10.4. The smallest absolute Gasteiger partial charge is 0.191 e. The molecule has 0 aromatic carbocycles. The second kappa shape index (κ2) is 9.85. The van der Waals surface area contributed by atoms with Crippen LogP contribution >= 0.6 is 11.3 Å². The third-order valence-corrected chi connectivity index (χ3v) is 6.92. The van der Waals surface area contributed by atoms with Gasteiger partial charge in [0.15, 0.2) is 5.96 Å². The number of nitrogens with one attached hydrogen (secondary N) is 2. The average Bonchev–Trinajstić information content (AvgIpc) is 3.12. The number of piperidine rings is 2. The van der Waals surface area contributed by atoms with Gasteiger partial charge in [-0.15, -0.1) is 11.3 Å². The van der Waals surface area contributed by atoms with Gasteiger partial charge in [0, 0.05) is 37.5 Å². The van der Waals surface area contributed by atoms with Gasteiger partial charge in [-0.2, -0.15) is 0 Å². The fourth-order valence-corrected chi connectivity index (χ4v) is 4.96. The van der Waals surface area contributed by atoms with E-state index in [4.69, 9.17) is 0 Å². The molecule has 0 saturated carbocycles. The number of hydrogen-bond acceptors (Lipinski definition) is 5. The number of thiazole rings is 1. The molecule has 0 radical (unpaired) electrons. The van der Waals surface area contributed by atoms with Crippen molar-refractivity contribution >= 4 is 17.3 Å². The number of rotatable bonds is 6. The van der Waals surface area contributed by atoms with E-state index >= 15 is 0 Å². The molecule has 3 rings (SSSR count). The summed E-state index contributed by atoms with van der Waals surface area (Å²) in [6, 6.07) is 0. The lowest BCUT2D eigenvalue weighted by Gasteiger charge is -2.50. The quantitative estimate of drug-likeness (QED) is 0.574. The van der Waals surface area contributed by atoms with Gasteiger partial charge in [-0.05, 0) is 65.8 Å². The Labute approximate surface area is 168 Å². The maximum atomic E-state index is 4.54. The highest BCUT2D eigenvalue weighted by atomic mass is 32.1. The largest absolute Gasteiger partial charge is 0.356 e. The van der Waals surface area contributed by atoms with Crippen LogP contribution in [0.5, 0.6) is 0 Å². The number of likely N-dealkylation sites (tertiary alicyclic amines) is 2. The van der Waals surface area contributed by atoms with Crippen molar-refractivity contribution in [3.05, 3.63) is 16.1 Å². The average molecular weight is 393 g/mol. The summed E-state index contributed by atoms with van der Waals surface area (Å²) < 4.78 is 0. The van der Waals surface area contributed by atoms with Gasteiger partial charge in [0.05, 0.1) is 10.7 Å². The summed E-state index contributed by atoms with van der Waals surface area (Å²) in [5.74, 6) is 0.914. The molecule has 2 fully saturated rings. The zero-order valence-electron chi connectivity index (χ0n) is 17.3. The van der Waals surface area contributed by atoms with Gasteiger partial charge in [0.25, 0.3) is 0 Å². The predicted molar refractivity (Wildman–Crippen MR) is 115 cm³/mol. The molecule has 3 heterocycles. The highest BCUT2D eigenvalue weighted by Crippen LogP contribution is 2.30. The van der Waals surface area contributed by atoms with Gasteiger partial charge in [0.2, 0.25) is 0 Å². The molecule has 1 aromatic heterocycles. The van der Waals surface area contributed by atoms with Crippen LogP contribution in [0.1, 0.15) is 42.8 Å². The third kappa shape index (κ3) is 5.65. The summed E-state index contributed by atoms with van der Waals surface area (Å²) in [5.41, 5.74) is 1.44. The van der Waals surface area contributed by atoms with Crippen LogP contribution in [-0.4, -0.2) is 79.6 Å².